The average Bonchev–Trinajstić information content (AvgIpc) is 4.03. The number of methoxy groups -OCH3 is 1. The Balaban J connectivity index is 1.24. The van der Waals surface area contributed by atoms with Crippen LogP contribution in [0.4, 0.5) is 4.39 Å². The number of sulfonamides is 1. The zero-order valence-corrected chi connectivity index (χ0v) is 39.5. The monoisotopic (exact) mass is 912 g/mol. The van der Waals surface area contributed by atoms with E-state index in [-0.39, 0.29) is 55.7 Å². The van der Waals surface area contributed by atoms with Crippen molar-refractivity contribution in [3.8, 4) is 22.2 Å². The van der Waals surface area contributed by atoms with Gasteiger partial charge in [0.25, 0.3) is 0 Å². The maximum Gasteiger partial charge on any atom is 0.240 e. The first-order valence-corrected chi connectivity index (χ1v) is 24.8. The maximum absolute atomic E-state index is 15.1. The number of amides is 2. The number of carbonyl (C=O) groups is 3. The summed E-state index contributed by atoms with van der Waals surface area (Å²) in [6.45, 7) is 17.3. The molecule has 64 heavy (non-hydrogen) atoms. The van der Waals surface area contributed by atoms with Gasteiger partial charge in [0.2, 0.25) is 21.8 Å². The lowest BCUT2D eigenvalue weighted by Crippen LogP contribution is -2.47. The summed E-state index contributed by atoms with van der Waals surface area (Å²) in [6.07, 6.45) is 7.99. The van der Waals surface area contributed by atoms with Crippen LogP contribution >= 0.6 is 11.3 Å². The fraction of sp³-hybridized carbons (Fsp3) is 0.500. The van der Waals surface area contributed by atoms with Crippen molar-refractivity contribution in [3.05, 3.63) is 95.3 Å². The molecule has 1 saturated heterocycles. The third-order valence-electron chi connectivity index (χ3n) is 13.5. The number of ketones is 1. The number of ether oxygens (including phenoxy) is 2. The standard InChI is InChI=1S/C50H61FN4O7S2/c1-9-11-12-13-14-15-34(22-33-20-31(5)21-36(51)23-33)47(57)55-28-37(24-41(55)42(56)27-50(26-35(50)10-2)48(58)54-64(59,60)49(7)18-19-49)62-44-25-39(46-53-40(29-63-46)30(3)4)52-45-32(6)43(61-8)17-16-38(44)45/h9-10,16-17,20-21,23,25,29-30,34-35,37,41H,1-2,11-15,18-19,22,24,26-28H2,3-8H3,(H,54,58)/t34-,35-,37-,41+,50-/m1/s1. The first-order valence-electron chi connectivity index (χ1n) is 22.4. The molecular weight excluding hydrogens is 852 g/mol. The van der Waals surface area contributed by atoms with Gasteiger partial charge >= 0.3 is 0 Å². The van der Waals surface area contributed by atoms with Gasteiger partial charge in [0, 0.05) is 41.2 Å². The lowest BCUT2D eigenvalue weighted by Gasteiger charge is -2.29. The molecule has 3 heterocycles. The van der Waals surface area contributed by atoms with Crippen LogP contribution in [0.5, 0.6) is 11.5 Å². The number of nitrogens with zero attached hydrogens (tertiary/aromatic N) is 3. The Labute approximate surface area is 381 Å². The number of pyridine rings is 1. The van der Waals surface area contributed by atoms with Gasteiger partial charge in [-0.1, -0.05) is 44.9 Å². The van der Waals surface area contributed by atoms with E-state index >= 15 is 4.79 Å². The van der Waals surface area contributed by atoms with Crippen molar-refractivity contribution in [1.82, 2.24) is 19.6 Å². The number of rotatable bonds is 21. The van der Waals surface area contributed by atoms with Crippen molar-refractivity contribution in [3.63, 3.8) is 0 Å². The number of carbonyl (C=O) groups excluding carboxylic acids is 3. The number of aryl methyl sites for hydroxylation is 2. The van der Waals surface area contributed by atoms with E-state index in [1.165, 1.54) is 23.5 Å². The molecule has 4 aromatic rings. The minimum absolute atomic E-state index is 0.0736. The number of nitrogens with one attached hydrogen (secondary N) is 1. The second-order valence-electron chi connectivity index (χ2n) is 18.7. The minimum atomic E-state index is -3.98. The van der Waals surface area contributed by atoms with Gasteiger partial charge in [0.15, 0.2) is 5.78 Å². The van der Waals surface area contributed by atoms with E-state index in [0.717, 1.165) is 52.9 Å². The third-order valence-corrected chi connectivity index (χ3v) is 16.5. The van der Waals surface area contributed by atoms with Gasteiger partial charge in [-0.25, -0.2) is 22.8 Å². The highest BCUT2D eigenvalue weighted by molar-refractivity contribution is 7.91. The molecule has 2 aliphatic carbocycles. The Kier molecular flexibility index (Phi) is 13.9. The first-order chi connectivity index (χ1) is 30.4. The Morgan fingerprint density at radius 1 is 1.06 bits per heavy atom. The summed E-state index contributed by atoms with van der Waals surface area (Å²) in [5.74, 6) is -1.32. The van der Waals surface area contributed by atoms with Crippen LogP contribution in [0.3, 0.4) is 0 Å². The maximum atomic E-state index is 15.1. The van der Waals surface area contributed by atoms with Gasteiger partial charge in [0.1, 0.15) is 34.1 Å². The molecule has 0 spiro atoms. The molecule has 3 fully saturated rings. The molecule has 2 aromatic carbocycles. The van der Waals surface area contributed by atoms with Gasteiger partial charge in [0.05, 0.1) is 41.1 Å². The van der Waals surface area contributed by atoms with Crippen LogP contribution in [0.2, 0.25) is 0 Å². The van der Waals surface area contributed by atoms with Crippen molar-refractivity contribution in [1.29, 1.82) is 0 Å². The number of allylic oxidation sites excluding steroid dienone is 2. The molecule has 1 aliphatic heterocycles. The van der Waals surface area contributed by atoms with E-state index < -0.39 is 50.1 Å². The summed E-state index contributed by atoms with van der Waals surface area (Å²) in [6, 6.07) is 9.42. The number of likely N-dealkylation sites (tertiary alicyclic amines) is 1. The zero-order chi connectivity index (χ0) is 46.1. The normalized spacial score (nSPS) is 21.7. The van der Waals surface area contributed by atoms with E-state index in [0.29, 0.717) is 47.5 Å². The summed E-state index contributed by atoms with van der Waals surface area (Å²) in [4.78, 5) is 55.5. The summed E-state index contributed by atoms with van der Waals surface area (Å²) in [5.41, 5.74) is 3.16. The van der Waals surface area contributed by atoms with Crippen LogP contribution in [0.1, 0.15) is 113 Å². The van der Waals surface area contributed by atoms with E-state index in [4.69, 9.17) is 19.4 Å². The van der Waals surface area contributed by atoms with Crippen LogP contribution in [0, 0.1) is 36.9 Å². The summed E-state index contributed by atoms with van der Waals surface area (Å²) in [5, 5.41) is 3.47. The van der Waals surface area contributed by atoms with Crippen molar-refractivity contribution in [2.24, 2.45) is 17.3 Å². The highest BCUT2D eigenvalue weighted by Gasteiger charge is 2.62. The van der Waals surface area contributed by atoms with E-state index in [2.05, 4.69) is 31.7 Å². The number of benzene rings is 2. The van der Waals surface area contributed by atoms with Gasteiger partial charge in [-0.3, -0.25) is 19.1 Å². The molecule has 0 radical (unpaired) electrons. The lowest BCUT2D eigenvalue weighted by molar-refractivity contribution is -0.142. The van der Waals surface area contributed by atoms with Crippen molar-refractivity contribution >= 4 is 49.9 Å². The third kappa shape index (κ3) is 9.83. The number of fused-ring (bicyclic) bond motifs is 1. The molecule has 11 nitrogen and oxygen atoms in total. The van der Waals surface area contributed by atoms with Crippen molar-refractivity contribution < 1.29 is 36.7 Å². The minimum Gasteiger partial charge on any atom is -0.496 e. The Morgan fingerprint density at radius 3 is 2.47 bits per heavy atom. The van der Waals surface area contributed by atoms with Gasteiger partial charge in [-0.2, -0.15) is 0 Å². The lowest BCUT2D eigenvalue weighted by atomic mass is 9.89. The van der Waals surface area contributed by atoms with Crippen LogP contribution in [0.25, 0.3) is 21.6 Å². The Hall–Kier alpha value is -4.95. The quantitative estimate of drug-likeness (QED) is 0.0638. The molecule has 14 heteroatoms. The van der Waals surface area contributed by atoms with Crippen LogP contribution < -0.4 is 14.2 Å². The molecule has 342 valence electrons. The average molecular weight is 913 g/mol. The van der Waals surface area contributed by atoms with Crippen LogP contribution in [0.15, 0.2) is 67.1 Å². The zero-order valence-electron chi connectivity index (χ0n) is 37.9. The molecule has 5 atom stereocenters. The molecule has 1 N–H and O–H groups in total. The predicted molar refractivity (Wildman–Crippen MR) is 249 cm³/mol. The van der Waals surface area contributed by atoms with Gasteiger partial charge in [-0.05, 0) is 113 Å². The number of hydrogen-bond acceptors (Lipinski definition) is 10. The first kappa shape index (κ1) is 47.0. The number of aromatic nitrogens is 2. The number of thiazole rings is 1. The molecule has 0 unspecified atom stereocenters. The highest BCUT2D eigenvalue weighted by atomic mass is 32.2. The summed E-state index contributed by atoms with van der Waals surface area (Å²) >= 11 is 1.49. The topological polar surface area (TPSA) is 145 Å². The van der Waals surface area contributed by atoms with Crippen LogP contribution in [-0.2, 0) is 30.8 Å². The van der Waals surface area contributed by atoms with Crippen molar-refractivity contribution in [2.45, 2.75) is 128 Å². The fourth-order valence-corrected chi connectivity index (χ4v) is 11.4. The molecule has 2 saturated carbocycles. The van der Waals surface area contributed by atoms with E-state index in [9.17, 15) is 22.4 Å². The largest absolute Gasteiger partial charge is 0.496 e. The predicted octanol–water partition coefficient (Wildman–Crippen LogP) is 9.74. The molecular formula is C50H61FN4O7S2. The van der Waals surface area contributed by atoms with Gasteiger partial charge < -0.3 is 14.4 Å². The van der Waals surface area contributed by atoms with E-state index in [1.54, 1.807) is 25.0 Å². The smallest absolute Gasteiger partial charge is 0.240 e. The summed E-state index contributed by atoms with van der Waals surface area (Å²) < 4.78 is 55.1. The number of halogens is 1. The SMILES string of the molecule is C=CCCCCC[C@H](Cc1cc(C)cc(F)c1)C(=O)N1C[C@H](Oc2cc(-c3nc(C(C)C)cs3)nc3c(C)c(OC)ccc23)C[C@H]1C(=O)C[C@]1(C(=O)NS(=O)(=O)C2(C)CC2)C[C@H]1C=C. The molecule has 7 rings (SSSR count). The van der Waals surface area contributed by atoms with Gasteiger partial charge in [-0.15, -0.1) is 24.5 Å². The second-order valence-corrected chi connectivity index (χ2v) is 21.8. The van der Waals surface area contributed by atoms with Crippen molar-refractivity contribution in [2.75, 3.05) is 13.7 Å². The van der Waals surface area contributed by atoms with E-state index in [1.807, 2.05) is 49.6 Å². The number of Topliss-reactive ketones (excluding diaryl/α,β-unsaturated/α-hetero) is 1. The molecule has 0 bridgehead atoms. The number of unbranched alkanes of at least 4 members (excludes halogenated alkanes) is 3. The number of hydrogen-bond donors (Lipinski definition) is 1. The Morgan fingerprint density at radius 2 is 1.83 bits per heavy atom. The second kappa shape index (κ2) is 18.9. The highest BCUT2D eigenvalue weighted by Crippen LogP contribution is 2.57. The summed E-state index contributed by atoms with van der Waals surface area (Å²) in [7, 11) is -2.37. The fourth-order valence-electron chi connectivity index (χ4n) is 9.11. The molecule has 2 amide bonds. The Bertz CT molecular complexity index is 2550. The van der Waals surface area contributed by atoms with Crippen LogP contribution in [-0.4, -0.2) is 71.4 Å². The molecule has 2 aromatic heterocycles. The molecule has 3 aliphatic rings.